The molecule has 0 aromatic rings. The van der Waals surface area contributed by atoms with Crippen molar-refractivity contribution in [1.29, 1.82) is 0 Å². The van der Waals surface area contributed by atoms with E-state index in [0.717, 1.165) is 0 Å². The Morgan fingerprint density at radius 2 is 1.09 bits per heavy atom. The first-order chi connectivity index (χ1) is 16.0. The highest BCUT2D eigenvalue weighted by atomic mass is 16.7. The maximum absolute atomic E-state index is 10.7. The fraction of sp³-hybridized carbons (Fsp3) is 1.00. The lowest BCUT2D eigenvalue weighted by Crippen LogP contribution is -2.64. The van der Waals surface area contributed by atoms with Crippen LogP contribution in [0.25, 0.3) is 0 Å². The SMILES string of the molecule is OCC1OC(CC2C(CO)OC(OC3C(CO)OC(O)C(O)C3O)C(O)C2O)C(O)C(O)C1O. The van der Waals surface area contributed by atoms with Crippen molar-refractivity contribution in [3.05, 3.63) is 0 Å². The van der Waals surface area contributed by atoms with E-state index in [9.17, 15) is 56.2 Å². The Balaban J connectivity index is 1.72. The van der Waals surface area contributed by atoms with Crippen molar-refractivity contribution in [3.63, 3.8) is 0 Å². The summed E-state index contributed by atoms with van der Waals surface area (Å²) < 4.78 is 21.4. The zero-order chi connectivity index (χ0) is 25.3. The first-order valence-electron chi connectivity index (χ1n) is 10.9. The van der Waals surface area contributed by atoms with Gasteiger partial charge in [0, 0.05) is 5.92 Å². The van der Waals surface area contributed by atoms with Gasteiger partial charge in [0.25, 0.3) is 0 Å². The van der Waals surface area contributed by atoms with E-state index in [1.807, 2.05) is 0 Å². The van der Waals surface area contributed by atoms with E-state index >= 15 is 0 Å². The Morgan fingerprint density at radius 1 is 0.500 bits per heavy atom. The van der Waals surface area contributed by atoms with Gasteiger partial charge in [-0.05, 0) is 6.42 Å². The smallest absolute Gasteiger partial charge is 0.187 e. The van der Waals surface area contributed by atoms with Crippen LogP contribution in [0.2, 0.25) is 0 Å². The zero-order valence-electron chi connectivity index (χ0n) is 18.0. The van der Waals surface area contributed by atoms with Crippen molar-refractivity contribution in [3.8, 4) is 0 Å². The Bertz CT molecular complexity index is 635. The third kappa shape index (κ3) is 5.39. The molecule has 3 fully saturated rings. The van der Waals surface area contributed by atoms with Crippen molar-refractivity contribution >= 4 is 0 Å². The van der Waals surface area contributed by atoms with Gasteiger partial charge in [-0.1, -0.05) is 0 Å². The molecule has 3 aliphatic heterocycles. The lowest BCUT2D eigenvalue weighted by Gasteiger charge is -2.48. The molecule has 0 bridgehead atoms. The van der Waals surface area contributed by atoms with Gasteiger partial charge in [-0.2, -0.15) is 0 Å². The lowest BCUT2D eigenvalue weighted by molar-refractivity contribution is -0.353. The molecule has 3 heterocycles. The molecular weight excluding hydrogens is 468 g/mol. The maximum atomic E-state index is 10.7. The van der Waals surface area contributed by atoms with Crippen LogP contribution in [0.15, 0.2) is 0 Å². The quantitative estimate of drug-likeness (QED) is 0.154. The van der Waals surface area contributed by atoms with Gasteiger partial charge >= 0.3 is 0 Å². The molecule has 0 radical (unpaired) electrons. The topological polar surface area (TPSA) is 259 Å². The van der Waals surface area contributed by atoms with Crippen LogP contribution in [0, 0.1) is 5.92 Å². The van der Waals surface area contributed by atoms with Crippen LogP contribution in [-0.4, -0.2) is 162 Å². The van der Waals surface area contributed by atoms with Crippen LogP contribution in [0.5, 0.6) is 0 Å². The first-order valence-corrected chi connectivity index (χ1v) is 10.9. The molecule has 200 valence electrons. The number of hydrogen-bond donors (Lipinski definition) is 11. The summed E-state index contributed by atoms with van der Waals surface area (Å²) in [5.41, 5.74) is 0. The molecule has 15 atom stereocenters. The number of aliphatic hydroxyl groups is 11. The molecule has 0 aliphatic carbocycles. The van der Waals surface area contributed by atoms with Gasteiger partial charge in [-0.15, -0.1) is 0 Å². The molecule has 0 aromatic carbocycles. The van der Waals surface area contributed by atoms with Crippen LogP contribution in [0.4, 0.5) is 0 Å². The minimum Gasteiger partial charge on any atom is -0.394 e. The molecule has 34 heavy (non-hydrogen) atoms. The molecule has 0 spiro atoms. The molecule has 11 N–H and O–H groups in total. The predicted octanol–water partition coefficient (Wildman–Crippen LogP) is -6.91. The third-order valence-electron chi connectivity index (χ3n) is 6.66. The maximum Gasteiger partial charge on any atom is 0.187 e. The Labute approximate surface area is 193 Å². The summed E-state index contributed by atoms with van der Waals surface area (Å²) >= 11 is 0. The van der Waals surface area contributed by atoms with E-state index in [1.54, 1.807) is 0 Å². The van der Waals surface area contributed by atoms with E-state index in [-0.39, 0.29) is 6.42 Å². The van der Waals surface area contributed by atoms with Crippen LogP contribution < -0.4 is 0 Å². The van der Waals surface area contributed by atoms with Crippen molar-refractivity contribution in [2.75, 3.05) is 19.8 Å². The van der Waals surface area contributed by atoms with E-state index in [2.05, 4.69) is 0 Å². The highest BCUT2D eigenvalue weighted by Crippen LogP contribution is 2.35. The summed E-state index contributed by atoms with van der Waals surface area (Å²) in [4.78, 5) is 0. The minimum absolute atomic E-state index is 0.267. The normalized spacial score (nSPS) is 52.5. The van der Waals surface area contributed by atoms with E-state index in [4.69, 9.17) is 18.9 Å². The van der Waals surface area contributed by atoms with Crippen molar-refractivity contribution in [1.82, 2.24) is 0 Å². The number of aliphatic hydroxyl groups excluding tert-OH is 11. The highest BCUT2D eigenvalue weighted by Gasteiger charge is 2.52. The van der Waals surface area contributed by atoms with Crippen LogP contribution in [0.3, 0.4) is 0 Å². The molecule has 0 saturated carbocycles. The van der Waals surface area contributed by atoms with Crippen LogP contribution in [-0.2, 0) is 18.9 Å². The Kier molecular flexibility index (Phi) is 9.57. The first kappa shape index (κ1) is 28.0. The van der Waals surface area contributed by atoms with Gasteiger partial charge in [-0.25, -0.2) is 0 Å². The van der Waals surface area contributed by atoms with Gasteiger partial charge in [0.15, 0.2) is 12.6 Å². The van der Waals surface area contributed by atoms with E-state index in [0.29, 0.717) is 0 Å². The van der Waals surface area contributed by atoms with E-state index in [1.165, 1.54) is 0 Å². The molecule has 3 aliphatic rings. The second kappa shape index (κ2) is 11.6. The average molecular weight is 502 g/mol. The average Bonchev–Trinajstić information content (AvgIpc) is 2.83. The second-order valence-corrected chi connectivity index (χ2v) is 8.80. The van der Waals surface area contributed by atoms with E-state index < -0.39 is 112 Å². The van der Waals surface area contributed by atoms with Gasteiger partial charge in [-0.3, -0.25) is 0 Å². The highest BCUT2D eigenvalue weighted by molar-refractivity contribution is 4.98. The fourth-order valence-electron chi connectivity index (χ4n) is 4.60. The molecule has 15 unspecified atom stereocenters. The van der Waals surface area contributed by atoms with Crippen LogP contribution >= 0.6 is 0 Å². The summed E-state index contributed by atoms with van der Waals surface area (Å²) in [6.45, 7) is -2.09. The summed E-state index contributed by atoms with van der Waals surface area (Å²) in [5.74, 6) is -1.07. The zero-order valence-corrected chi connectivity index (χ0v) is 18.0. The summed E-state index contributed by atoms with van der Waals surface area (Å²) in [6, 6.07) is 0. The van der Waals surface area contributed by atoms with Crippen LogP contribution in [0.1, 0.15) is 6.42 Å². The Hall–Kier alpha value is -0.600. The second-order valence-electron chi connectivity index (χ2n) is 8.80. The molecule has 3 saturated heterocycles. The van der Waals surface area contributed by atoms with Gasteiger partial charge in [0.2, 0.25) is 0 Å². The third-order valence-corrected chi connectivity index (χ3v) is 6.66. The largest absolute Gasteiger partial charge is 0.394 e. The van der Waals surface area contributed by atoms with Crippen molar-refractivity contribution < 1.29 is 75.1 Å². The van der Waals surface area contributed by atoms with Gasteiger partial charge in [0.1, 0.15) is 54.9 Å². The van der Waals surface area contributed by atoms with Gasteiger partial charge < -0.3 is 75.1 Å². The summed E-state index contributed by atoms with van der Waals surface area (Å²) in [6.07, 6.45) is -22.0. The summed E-state index contributed by atoms with van der Waals surface area (Å²) in [7, 11) is 0. The van der Waals surface area contributed by atoms with Crippen molar-refractivity contribution in [2.24, 2.45) is 5.92 Å². The molecule has 0 aromatic heterocycles. The molecular formula is C19H34O15. The Morgan fingerprint density at radius 3 is 1.68 bits per heavy atom. The van der Waals surface area contributed by atoms with Gasteiger partial charge in [0.05, 0.1) is 38.1 Å². The minimum atomic E-state index is -1.80. The number of hydrogen-bond acceptors (Lipinski definition) is 15. The number of rotatable bonds is 7. The molecule has 3 rings (SSSR count). The molecule has 0 amide bonds. The molecule has 15 heteroatoms. The number of ether oxygens (including phenoxy) is 4. The lowest BCUT2D eigenvalue weighted by atomic mass is 9.81. The molecule has 15 nitrogen and oxygen atoms in total. The monoisotopic (exact) mass is 502 g/mol. The predicted molar refractivity (Wildman–Crippen MR) is 104 cm³/mol. The fourth-order valence-corrected chi connectivity index (χ4v) is 4.60. The summed E-state index contributed by atoms with van der Waals surface area (Å²) in [5, 5.41) is 110. The van der Waals surface area contributed by atoms with Crippen molar-refractivity contribution in [2.45, 2.75) is 92.2 Å². The standard InChI is InChI=1S/C19H34O15/c20-2-7-5(1-6-11(24)13(26)12(25)8(3-21)31-6)10(23)16(29)19(33-7)34-17-9(4-22)32-18(30)15(28)14(17)27/h5-30H,1-4H2.